The lowest BCUT2D eigenvalue weighted by Gasteiger charge is -2.16. The fourth-order valence-corrected chi connectivity index (χ4v) is 3.43. The number of anilines is 2. The molecule has 0 aromatic carbocycles. The lowest BCUT2D eigenvalue weighted by Crippen LogP contribution is -2.24. The molecule has 0 unspecified atom stereocenters. The van der Waals surface area contributed by atoms with Gasteiger partial charge in [-0.2, -0.15) is 4.68 Å². The number of fused-ring (bicyclic) bond motifs is 1. The zero-order chi connectivity index (χ0) is 20.7. The lowest BCUT2D eigenvalue weighted by atomic mass is 10.1. The van der Waals surface area contributed by atoms with E-state index in [1.165, 1.54) is 0 Å². The Morgan fingerprint density at radius 1 is 1.21 bits per heavy atom. The van der Waals surface area contributed by atoms with E-state index >= 15 is 0 Å². The summed E-state index contributed by atoms with van der Waals surface area (Å²) in [5.41, 5.74) is 9.08. The second-order valence-electron chi connectivity index (χ2n) is 7.52. The minimum Gasteiger partial charge on any atom is -0.363 e. The molecule has 3 aromatic heterocycles. The first kappa shape index (κ1) is 19.0. The summed E-state index contributed by atoms with van der Waals surface area (Å²) in [6, 6.07) is 7.36. The Morgan fingerprint density at radius 2 is 1.97 bits per heavy atom. The molecule has 4 heterocycles. The van der Waals surface area contributed by atoms with Gasteiger partial charge in [-0.25, -0.2) is 9.97 Å². The smallest absolute Gasteiger partial charge is 0.260 e. The molecular weight excluding hydrogens is 368 g/mol. The predicted octanol–water partition coefficient (Wildman–Crippen LogP) is 1.87. The van der Waals surface area contributed by atoms with Crippen LogP contribution in [0.1, 0.15) is 47.1 Å². The molecule has 0 aliphatic carbocycles. The van der Waals surface area contributed by atoms with Crippen LogP contribution < -0.4 is 15.5 Å². The van der Waals surface area contributed by atoms with Gasteiger partial charge in [-0.05, 0) is 24.1 Å². The van der Waals surface area contributed by atoms with Gasteiger partial charge in [-0.3, -0.25) is 9.69 Å². The average molecular weight is 392 g/mol. The number of pyridine rings is 2. The Kier molecular flexibility index (Phi) is 4.75. The van der Waals surface area contributed by atoms with Gasteiger partial charge < -0.3 is 10.6 Å². The van der Waals surface area contributed by atoms with Crippen LogP contribution in [0.2, 0.25) is 0 Å². The van der Waals surface area contributed by atoms with Crippen LogP contribution >= 0.6 is 0 Å². The molecule has 9 heteroatoms. The fraction of sp³-hybridized carbons (Fsp3) is 0.350. The maximum absolute atomic E-state index is 13.2. The standard InChI is InChI=1S/C20H24N8O/c1-12(2)16-10-22-25-28(16)18-7-5-6-17(24-18)27-11-14-13(20(27)29)8-19(26(3)4)23-15(14)9-21/h5-8,10,12H,9,11,21H2,1-4H3. The largest absolute Gasteiger partial charge is 0.363 e. The first-order chi connectivity index (χ1) is 13.9. The number of nitrogens with zero attached hydrogens (tertiary/aromatic N) is 7. The first-order valence-electron chi connectivity index (χ1n) is 9.50. The summed E-state index contributed by atoms with van der Waals surface area (Å²) in [6.45, 7) is 4.81. The van der Waals surface area contributed by atoms with Crippen LogP contribution in [-0.4, -0.2) is 45.0 Å². The highest BCUT2D eigenvalue weighted by molar-refractivity contribution is 6.10. The molecule has 2 N–H and O–H groups in total. The highest BCUT2D eigenvalue weighted by Gasteiger charge is 2.32. The van der Waals surface area contributed by atoms with Crippen LogP contribution in [-0.2, 0) is 13.1 Å². The summed E-state index contributed by atoms with van der Waals surface area (Å²) in [5.74, 6) is 2.04. The summed E-state index contributed by atoms with van der Waals surface area (Å²) >= 11 is 0. The van der Waals surface area contributed by atoms with E-state index < -0.39 is 0 Å². The quantitative estimate of drug-likeness (QED) is 0.706. The molecule has 1 aliphatic rings. The van der Waals surface area contributed by atoms with Crippen molar-refractivity contribution in [2.75, 3.05) is 23.9 Å². The number of aromatic nitrogens is 5. The molecule has 4 rings (SSSR count). The van der Waals surface area contributed by atoms with E-state index in [4.69, 9.17) is 10.7 Å². The minimum atomic E-state index is -0.104. The van der Waals surface area contributed by atoms with Crippen LogP contribution in [0.4, 0.5) is 11.6 Å². The molecule has 150 valence electrons. The van der Waals surface area contributed by atoms with Gasteiger partial charge in [0.25, 0.3) is 5.91 Å². The van der Waals surface area contributed by atoms with Crippen molar-refractivity contribution >= 4 is 17.5 Å². The zero-order valence-corrected chi connectivity index (χ0v) is 17.0. The Morgan fingerprint density at radius 3 is 2.66 bits per heavy atom. The van der Waals surface area contributed by atoms with Crippen molar-refractivity contribution in [3.63, 3.8) is 0 Å². The third kappa shape index (κ3) is 3.23. The topological polar surface area (TPSA) is 106 Å². The van der Waals surface area contributed by atoms with Gasteiger partial charge in [0.15, 0.2) is 5.82 Å². The Labute approximate surface area is 169 Å². The van der Waals surface area contributed by atoms with E-state index in [-0.39, 0.29) is 18.4 Å². The third-order valence-electron chi connectivity index (χ3n) is 5.02. The van der Waals surface area contributed by atoms with Gasteiger partial charge in [-0.1, -0.05) is 25.1 Å². The van der Waals surface area contributed by atoms with E-state index in [1.54, 1.807) is 15.8 Å². The maximum atomic E-state index is 13.2. The van der Waals surface area contributed by atoms with E-state index in [1.807, 2.05) is 43.3 Å². The van der Waals surface area contributed by atoms with Crippen molar-refractivity contribution in [3.8, 4) is 5.82 Å². The molecule has 3 aromatic rings. The highest BCUT2D eigenvalue weighted by Crippen LogP contribution is 2.31. The summed E-state index contributed by atoms with van der Waals surface area (Å²) in [7, 11) is 3.78. The Hall–Kier alpha value is -3.33. The maximum Gasteiger partial charge on any atom is 0.260 e. The molecule has 0 fully saturated rings. The number of carbonyl (C=O) groups excluding carboxylic acids is 1. The third-order valence-corrected chi connectivity index (χ3v) is 5.02. The molecule has 0 spiro atoms. The minimum absolute atomic E-state index is 0.104. The van der Waals surface area contributed by atoms with Crippen molar-refractivity contribution in [3.05, 3.63) is 53.0 Å². The first-order valence-corrected chi connectivity index (χ1v) is 9.50. The summed E-state index contributed by atoms with van der Waals surface area (Å²) < 4.78 is 1.71. The second-order valence-corrected chi connectivity index (χ2v) is 7.52. The zero-order valence-electron chi connectivity index (χ0n) is 17.0. The van der Waals surface area contributed by atoms with Gasteiger partial charge in [0.05, 0.1) is 29.7 Å². The average Bonchev–Trinajstić information content (AvgIpc) is 3.33. The van der Waals surface area contributed by atoms with Crippen molar-refractivity contribution in [2.45, 2.75) is 32.9 Å². The Bertz CT molecular complexity index is 1070. The van der Waals surface area contributed by atoms with E-state index in [9.17, 15) is 4.79 Å². The molecule has 9 nitrogen and oxygen atoms in total. The molecule has 1 amide bonds. The molecule has 0 radical (unpaired) electrons. The van der Waals surface area contributed by atoms with Gasteiger partial charge >= 0.3 is 0 Å². The van der Waals surface area contributed by atoms with Crippen molar-refractivity contribution < 1.29 is 4.79 Å². The molecule has 0 atom stereocenters. The molecule has 0 saturated heterocycles. The van der Waals surface area contributed by atoms with Crippen LogP contribution in [0.25, 0.3) is 5.82 Å². The SMILES string of the molecule is CC(C)c1cnnn1-c1cccc(N2Cc3c(cc(N(C)C)nc3CN)C2=O)n1. The van der Waals surface area contributed by atoms with Crippen LogP contribution in [0.15, 0.2) is 30.5 Å². The number of hydrogen-bond acceptors (Lipinski definition) is 7. The molecule has 0 bridgehead atoms. The van der Waals surface area contributed by atoms with E-state index in [0.717, 1.165) is 17.0 Å². The summed E-state index contributed by atoms with van der Waals surface area (Å²) in [6.07, 6.45) is 1.73. The van der Waals surface area contributed by atoms with Gasteiger partial charge in [0, 0.05) is 26.2 Å². The van der Waals surface area contributed by atoms with Crippen LogP contribution in [0.5, 0.6) is 0 Å². The van der Waals surface area contributed by atoms with E-state index in [2.05, 4.69) is 29.1 Å². The Balaban J connectivity index is 1.73. The summed E-state index contributed by atoms with van der Waals surface area (Å²) in [4.78, 5) is 26.0. The van der Waals surface area contributed by atoms with E-state index in [0.29, 0.717) is 29.6 Å². The van der Waals surface area contributed by atoms with Crippen molar-refractivity contribution in [1.82, 2.24) is 25.0 Å². The highest BCUT2D eigenvalue weighted by atomic mass is 16.2. The number of nitrogens with two attached hydrogens (primary N) is 1. The molecule has 1 aliphatic heterocycles. The number of hydrogen-bond donors (Lipinski definition) is 1. The molecular formula is C20H24N8O. The van der Waals surface area contributed by atoms with Crippen LogP contribution in [0, 0.1) is 0 Å². The van der Waals surface area contributed by atoms with Crippen LogP contribution in [0.3, 0.4) is 0 Å². The fourth-order valence-electron chi connectivity index (χ4n) is 3.43. The monoisotopic (exact) mass is 392 g/mol. The molecule has 29 heavy (non-hydrogen) atoms. The molecule has 0 saturated carbocycles. The van der Waals surface area contributed by atoms with Gasteiger partial charge in [0.2, 0.25) is 0 Å². The van der Waals surface area contributed by atoms with Gasteiger partial charge in [-0.15, -0.1) is 5.10 Å². The predicted molar refractivity (Wildman–Crippen MR) is 110 cm³/mol. The van der Waals surface area contributed by atoms with Gasteiger partial charge in [0.1, 0.15) is 11.6 Å². The van der Waals surface area contributed by atoms with Crippen molar-refractivity contribution in [1.29, 1.82) is 0 Å². The number of amides is 1. The lowest BCUT2D eigenvalue weighted by molar-refractivity contribution is 0.0996. The second kappa shape index (κ2) is 7.25. The number of rotatable bonds is 5. The normalized spacial score (nSPS) is 13.3. The van der Waals surface area contributed by atoms with Crippen molar-refractivity contribution in [2.24, 2.45) is 5.73 Å². The number of carbonyl (C=O) groups is 1. The summed E-state index contributed by atoms with van der Waals surface area (Å²) in [5, 5.41) is 8.17.